The van der Waals surface area contributed by atoms with Gasteiger partial charge in [-0.05, 0) is 25.6 Å². The van der Waals surface area contributed by atoms with E-state index < -0.39 is 12.0 Å². The average molecular weight is 262 g/mol. The maximum atomic E-state index is 12.4. The summed E-state index contributed by atoms with van der Waals surface area (Å²) in [6, 6.07) is 7.09. The molecule has 0 spiro atoms. The second-order valence-corrected chi connectivity index (χ2v) is 4.87. The van der Waals surface area contributed by atoms with Gasteiger partial charge in [-0.2, -0.15) is 0 Å². The van der Waals surface area contributed by atoms with Gasteiger partial charge in [0.2, 0.25) is 5.91 Å². The first kappa shape index (κ1) is 13.5. The van der Waals surface area contributed by atoms with Gasteiger partial charge in [-0.15, -0.1) is 0 Å². The van der Waals surface area contributed by atoms with E-state index in [-0.39, 0.29) is 12.3 Å². The summed E-state index contributed by atoms with van der Waals surface area (Å²) in [6.45, 7) is 3.22. The van der Waals surface area contributed by atoms with Crippen molar-refractivity contribution in [3.05, 3.63) is 29.8 Å². The molecule has 5 heteroatoms. The molecule has 0 aromatic heterocycles. The topological polar surface area (TPSA) is 60.9 Å². The Balaban J connectivity index is 2.26. The highest BCUT2D eigenvalue weighted by molar-refractivity contribution is 6.00. The van der Waals surface area contributed by atoms with Crippen molar-refractivity contribution in [1.29, 1.82) is 0 Å². The molecule has 0 radical (unpaired) electrons. The first-order valence-corrected chi connectivity index (χ1v) is 6.29. The highest BCUT2D eigenvalue weighted by Crippen LogP contribution is 2.24. The molecule has 1 fully saturated rings. The number of rotatable bonds is 3. The molecule has 0 saturated carbocycles. The Labute approximate surface area is 112 Å². The van der Waals surface area contributed by atoms with Crippen molar-refractivity contribution in [2.24, 2.45) is 0 Å². The molecule has 1 aliphatic rings. The van der Waals surface area contributed by atoms with Crippen molar-refractivity contribution in [3.8, 4) is 0 Å². The van der Waals surface area contributed by atoms with Gasteiger partial charge in [-0.3, -0.25) is 14.5 Å². The van der Waals surface area contributed by atoms with Crippen LogP contribution in [-0.4, -0.2) is 48.1 Å². The molecule has 1 saturated heterocycles. The number of para-hydroxylation sites is 1. The van der Waals surface area contributed by atoms with Gasteiger partial charge >= 0.3 is 5.97 Å². The summed E-state index contributed by atoms with van der Waals surface area (Å²) in [6.07, 6.45) is -0.155. The summed E-state index contributed by atoms with van der Waals surface area (Å²) >= 11 is 0. The minimum Gasteiger partial charge on any atom is -0.481 e. The zero-order valence-electron chi connectivity index (χ0n) is 11.2. The van der Waals surface area contributed by atoms with Crippen molar-refractivity contribution in [2.45, 2.75) is 19.4 Å². The monoisotopic (exact) mass is 262 g/mol. The predicted molar refractivity (Wildman–Crippen MR) is 72.2 cm³/mol. The molecular weight excluding hydrogens is 244 g/mol. The predicted octanol–water partition coefficient (Wildman–Crippen LogP) is 1.12. The van der Waals surface area contributed by atoms with Gasteiger partial charge in [0.1, 0.15) is 6.04 Å². The number of piperazine rings is 1. The zero-order chi connectivity index (χ0) is 14.0. The molecule has 1 aromatic rings. The lowest BCUT2D eigenvalue weighted by atomic mass is 10.1. The number of aliphatic carboxylic acids is 1. The number of carbonyl (C=O) groups is 2. The lowest BCUT2D eigenvalue weighted by Crippen LogP contribution is -2.56. The summed E-state index contributed by atoms with van der Waals surface area (Å²) in [5, 5.41) is 8.92. The molecule has 19 heavy (non-hydrogen) atoms. The summed E-state index contributed by atoms with van der Waals surface area (Å²) in [7, 11) is 1.79. The number of nitrogens with zero attached hydrogens (tertiary/aromatic N) is 2. The van der Waals surface area contributed by atoms with E-state index >= 15 is 0 Å². The first-order valence-electron chi connectivity index (χ1n) is 6.29. The van der Waals surface area contributed by atoms with Gasteiger partial charge in [-0.1, -0.05) is 18.2 Å². The van der Waals surface area contributed by atoms with Crippen LogP contribution in [0.3, 0.4) is 0 Å². The van der Waals surface area contributed by atoms with E-state index in [1.54, 1.807) is 11.9 Å². The highest BCUT2D eigenvalue weighted by Gasteiger charge is 2.35. The number of carboxylic acid groups (broad SMARTS) is 1. The Morgan fingerprint density at radius 3 is 2.68 bits per heavy atom. The Hall–Kier alpha value is -1.88. The number of aryl methyl sites for hydroxylation is 1. The maximum absolute atomic E-state index is 12.4. The fraction of sp³-hybridized carbons (Fsp3) is 0.429. The van der Waals surface area contributed by atoms with Crippen molar-refractivity contribution >= 4 is 17.6 Å². The van der Waals surface area contributed by atoms with E-state index in [1.807, 2.05) is 36.1 Å². The van der Waals surface area contributed by atoms with Gasteiger partial charge in [0, 0.05) is 18.8 Å². The second kappa shape index (κ2) is 5.40. The van der Waals surface area contributed by atoms with E-state index in [4.69, 9.17) is 5.11 Å². The van der Waals surface area contributed by atoms with E-state index in [1.165, 1.54) is 0 Å². The zero-order valence-corrected chi connectivity index (χ0v) is 11.2. The van der Waals surface area contributed by atoms with Crippen LogP contribution in [0.4, 0.5) is 5.69 Å². The number of carboxylic acids is 1. The Kier molecular flexibility index (Phi) is 3.85. The van der Waals surface area contributed by atoms with Crippen LogP contribution in [0.5, 0.6) is 0 Å². The quantitative estimate of drug-likeness (QED) is 0.886. The molecule has 0 bridgehead atoms. The van der Waals surface area contributed by atoms with Gasteiger partial charge in [0.05, 0.1) is 6.42 Å². The maximum Gasteiger partial charge on any atom is 0.305 e. The van der Waals surface area contributed by atoms with Crippen molar-refractivity contribution in [3.63, 3.8) is 0 Å². The van der Waals surface area contributed by atoms with E-state index in [0.717, 1.165) is 11.3 Å². The van der Waals surface area contributed by atoms with Crippen molar-refractivity contribution < 1.29 is 14.7 Å². The van der Waals surface area contributed by atoms with E-state index in [2.05, 4.69) is 0 Å². The Morgan fingerprint density at radius 1 is 1.37 bits per heavy atom. The lowest BCUT2D eigenvalue weighted by Gasteiger charge is -2.38. The normalized spacial score (nSPS) is 20.6. The molecular formula is C14H18N2O3. The SMILES string of the molecule is Cc1ccccc1N1CCN(C)C(CC(=O)O)C1=O. The molecule has 1 atom stereocenters. The molecule has 1 amide bonds. The summed E-state index contributed by atoms with van der Waals surface area (Å²) in [4.78, 5) is 26.8. The van der Waals surface area contributed by atoms with Crippen LogP contribution in [0.1, 0.15) is 12.0 Å². The Bertz CT molecular complexity index is 501. The third kappa shape index (κ3) is 2.76. The highest BCUT2D eigenvalue weighted by atomic mass is 16.4. The standard InChI is InChI=1S/C14H18N2O3/c1-10-5-3-4-6-11(10)16-8-7-15(2)12(14(16)19)9-13(17)18/h3-6,12H,7-9H2,1-2H3,(H,17,18). The summed E-state index contributed by atoms with van der Waals surface area (Å²) in [5.41, 5.74) is 1.89. The smallest absolute Gasteiger partial charge is 0.305 e. The number of amides is 1. The average Bonchev–Trinajstić information content (AvgIpc) is 2.36. The van der Waals surface area contributed by atoms with Gasteiger partial charge < -0.3 is 10.0 Å². The number of likely N-dealkylation sites (N-methyl/N-ethyl adjacent to an activating group) is 1. The molecule has 1 aromatic carbocycles. The fourth-order valence-corrected chi connectivity index (χ4v) is 2.41. The molecule has 0 aliphatic carbocycles. The lowest BCUT2D eigenvalue weighted by molar-refractivity contribution is -0.141. The van der Waals surface area contributed by atoms with Gasteiger partial charge in [0.15, 0.2) is 0 Å². The molecule has 2 rings (SSSR count). The Morgan fingerprint density at radius 2 is 2.05 bits per heavy atom. The van der Waals surface area contributed by atoms with E-state index in [0.29, 0.717) is 13.1 Å². The fourth-order valence-electron chi connectivity index (χ4n) is 2.41. The van der Waals surface area contributed by atoms with Gasteiger partial charge in [-0.25, -0.2) is 0 Å². The van der Waals surface area contributed by atoms with Crippen LogP contribution in [0.2, 0.25) is 0 Å². The van der Waals surface area contributed by atoms with Crippen LogP contribution >= 0.6 is 0 Å². The van der Waals surface area contributed by atoms with E-state index in [9.17, 15) is 9.59 Å². The van der Waals surface area contributed by atoms with Crippen molar-refractivity contribution in [2.75, 3.05) is 25.0 Å². The van der Waals surface area contributed by atoms with Crippen LogP contribution in [0.25, 0.3) is 0 Å². The van der Waals surface area contributed by atoms with Crippen LogP contribution < -0.4 is 4.90 Å². The van der Waals surface area contributed by atoms with Gasteiger partial charge in [0.25, 0.3) is 0 Å². The molecule has 1 heterocycles. The van der Waals surface area contributed by atoms with Crippen LogP contribution in [-0.2, 0) is 9.59 Å². The largest absolute Gasteiger partial charge is 0.481 e. The third-order valence-corrected chi connectivity index (χ3v) is 3.53. The first-order chi connectivity index (χ1) is 9.00. The minimum absolute atomic E-state index is 0.134. The number of hydrogen-bond donors (Lipinski definition) is 1. The number of benzene rings is 1. The minimum atomic E-state index is -0.947. The number of hydrogen-bond acceptors (Lipinski definition) is 3. The third-order valence-electron chi connectivity index (χ3n) is 3.53. The molecule has 5 nitrogen and oxygen atoms in total. The molecule has 1 N–H and O–H groups in total. The molecule has 1 aliphatic heterocycles. The van der Waals surface area contributed by atoms with Crippen molar-refractivity contribution in [1.82, 2.24) is 4.90 Å². The number of anilines is 1. The second-order valence-electron chi connectivity index (χ2n) is 4.87. The summed E-state index contributed by atoms with van der Waals surface area (Å²) < 4.78 is 0. The molecule has 102 valence electrons. The summed E-state index contributed by atoms with van der Waals surface area (Å²) in [5.74, 6) is -1.08. The molecule has 1 unspecified atom stereocenters. The number of carbonyl (C=O) groups excluding carboxylic acids is 1. The van der Waals surface area contributed by atoms with Crippen LogP contribution in [0.15, 0.2) is 24.3 Å². The van der Waals surface area contributed by atoms with Crippen LogP contribution in [0, 0.1) is 6.92 Å².